The van der Waals surface area contributed by atoms with Crippen molar-refractivity contribution in [2.45, 2.75) is 109 Å². The summed E-state index contributed by atoms with van der Waals surface area (Å²) in [6.07, 6.45) is 14.2. The molecule has 0 aliphatic heterocycles. The van der Waals surface area contributed by atoms with E-state index in [-0.39, 0.29) is 6.16 Å². The Labute approximate surface area is 159 Å². The highest BCUT2D eigenvalue weighted by Crippen LogP contribution is 2.46. The molecule has 0 aromatic heterocycles. The van der Waals surface area contributed by atoms with Gasteiger partial charge in [0.15, 0.2) is 0 Å². The minimum atomic E-state index is -4.03. The van der Waals surface area contributed by atoms with Crippen molar-refractivity contribution in [2.75, 3.05) is 6.16 Å². The van der Waals surface area contributed by atoms with Crippen LogP contribution in [0.3, 0.4) is 0 Å². The largest absolute Gasteiger partial charge is 0.328 e. The molecule has 0 saturated carbocycles. The van der Waals surface area contributed by atoms with Gasteiger partial charge in [-0.3, -0.25) is 9.13 Å². The lowest BCUT2D eigenvalue weighted by Crippen LogP contribution is -2.08. The molecule has 0 rings (SSSR count). The third-order valence-corrected chi connectivity index (χ3v) is 7.22. The molecule has 0 amide bonds. The molecule has 0 bridgehead atoms. The van der Waals surface area contributed by atoms with Crippen LogP contribution in [0.4, 0.5) is 0 Å². The predicted molar refractivity (Wildman–Crippen MR) is 108 cm³/mol. The Morgan fingerprint density at radius 1 is 0.615 bits per heavy atom. The average molecular weight is 414 g/mol. The second-order valence-corrected chi connectivity index (χ2v) is 11.1. The Bertz CT molecular complexity index is 418. The number of hydrogen-bond donors (Lipinski definition) is 4. The molecule has 0 aliphatic carbocycles. The second kappa shape index (κ2) is 15.2. The molecular weight excluding hydrogens is 374 g/mol. The zero-order chi connectivity index (χ0) is 19.9. The monoisotopic (exact) mass is 414 g/mol. The fourth-order valence-corrected chi connectivity index (χ4v) is 4.90. The van der Waals surface area contributed by atoms with Crippen LogP contribution in [0, 0.1) is 0 Å². The summed E-state index contributed by atoms with van der Waals surface area (Å²) in [6.45, 7) is 2.20. The Morgan fingerprint density at radius 3 is 1.38 bits per heavy atom. The van der Waals surface area contributed by atoms with Crippen LogP contribution in [0.5, 0.6) is 0 Å². The van der Waals surface area contributed by atoms with E-state index >= 15 is 0 Å². The molecule has 0 radical (unpaired) electrons. The smallest absolute Gasteiger partial charge is 0.324 e. The van der Waals surface area contributed by atoms with Crippen molar-refractivity contribution >= 4 is 15.2 Å². The topological polar surface area (TPSA) is 115 Å². The molecule has 1 unspecified atom stereocenters. The van der Waals surface area contributed by atoms with E-state index in [9.17, 15) is 18.9 Å². The minimum absolute atomic E-state index is 0.0729. The predicted octanol–water partition coefficient (Wildman–Crippen LogP) is 5.58. The summed E-state index contributed by atoms with van der Waals surface area (Å²) in [7, 11) is -7.92. The van der Waals surface area contributed by atoms with Crippen molar-refractivity contribution in [1.29, 1.82) is 0 Å². The summed E-state index contributed by atoms with van der Waals surface area (Å²) in [5.41, 5.74) is -0.530. The van der Waals surface area contributed by atoms with E-state index < -0.39 is 20.9 Å². The molecule has 8 heteroatoms. The van der Waals surface area contributed by atoms with Gasteiger partial charge in [-0.25, -0.2) is 0 Å². The third-order valence-electron chi connectivity index (χ3n) is 4.85. The lowest BCUT2D eigenvalue weighted by Gasteiger charge is -2.18. The van der Waals surface area contributed by atoms with E-state index in [1.807, 2.05) is 0 Å². The van der Waals surface area contributed by atoms with Crippen LogP contribution < -0.4 is 0 Å². The molecular formula is C18H40O6P2. The standard InChI is InChI=1S/C18H40O6P2/c1-2-3-4-5-6-7-9-12-15-18(26(22,23)24)16-13-10-8-11-14-17-25(19,20)21/h18H,2-17H2,1H3,(H2,19,20,21)(H2,22,23,24). The van der Waals surface area contributed by atoms with Crippen LogP contribution in [0.25, 0.3) is 0 Å². The maximum Gasteiger partial charge on any atom is 0.328 e. The molecule has 0 aromatic carbocycles. The van der Waals surface area contributed by atoms with E-state index in [4.69, 9.17) is 9.79 Å². The van der Waals surface area contributed by atoms with Gasteiger partial charge < -0.3 is 19.6 Å². The highest BCUT2D eigenvalue weighted by molar-refractivity contribution is 7.52. The van der Waals surface area contributed by atoms with Gasteiger partial charge in [0, 0.05) is 6.16 Å². The molecule has 0 fully saturated rings. The van der Waals surface area contributed by atoms with Crippen LogP contribution >= 0.6 is 15.2 Å². The first-order valence-electron chi connectivity index (χ1n) is 10.3. The van der Waals surface area contributed by atoms with Crippen molar-refractivity contribution in [2.24, 2.45) is 0 Å². The van der Waals surface area contributed by atoms with Crippen molar-refractivity contribution in [1.82, 2.24) is 0 Å². The van der Waals surface area contributed by atoms with Crippen LogP contribution in [0.15, 0.2) is 0 Å². The molecule has 0 saturated heterocycles. The van der Waals surface area contributed by atoms with Crippen molar-refractivity contribution in [3.63, 3.8) is 0 Å². The van der Waals surface area contributed by atoms with Crippen molar-refractivity contribution in [3.05, 3.63) is 0 Å². The number of unbranched alkanes of at least 4 members (excludes halogenated alkanes) is 11. The molecule has 0 spiro atoms. The molecule has 1 atom stereocenters. The average Bonchev–Trinajstić information content (AvgIpc) is 2.52. The molecule has 0 aliphatic rings. The second-order valence-electron chi connectivity index (χ2n) is 7.45. The van der Waals surface area contributed by atoms with E-state index in [0.29, 0.717) is 19.3 Å². The number of hydrogen-bond acceptors (Lipinski definition) is 2. The molecule has 0 aromatic rings. The maximum atomic E-state index is 11.7. The van der Waals surface area contributed by atoms with Gasteiger partial charge in [-0.2, -0.15) is 0 Å². The van der Waals surface area contributed by atoms with Crippen molar-refractivity contribution in [3.8, 4) is 0 Å². The van der Waals surface area contributed by atoms with Crippen LogP contribution in [0.2, 0.25) is 0 Å². The van der Waals surface area contributed by atoms with Gasteiger partial charge >= 0.3 is 15.2 Å². The van der Waals surface area contributed by atoms with Crippen LogP contribution in [-0.2, 0) is 9.13 Å². The maximum absolute atomic E-state index is 11.7. The Hall–Kier alpha value is 0.300. The van der Waals surface area contributed by atoms with Crippen LogP contribution in [-0.4, -0.2) is 31.4 Å². The molecule has 6 nitrogen and oxygen atoms in total. The quantitative estimate of drug-likeness (QED) is 0.172. The first-order chi connectivity index (χ1) is 12.2. The van der Waals surface area contributed by atoms with Gasteiger partial charge in [0.2, 0.25) is 0 Å². The van der Waals surface area contributed by atoms with Gasteiger partial charge in [-0.1, -0.05) is 84.0 Å². The third kappa shape index (κ3) is 17.7. The summed E-state index contributed by atoms with van der Waals surface area (Å²) in [6, 6.07) is 0. The molecule has 0 heterocycles. The summed E-state index contributed by atoms with van der Waals surface area (Å²) >= 11 is 0. The molecule has 158 valence electrons. The first-order valence-corrected chi connectivity index (χ1v) is 13.7. The van der Waals surface area contributed by atoms with Gasteiger partial charge in [-0.15, -0.1) is 0 Å². The summed E-state index contributed by atoms with van der Waals surface area (Å²) in [4.78, 5) is 36.6. The highest BCUT2D eigenvalue weighted by Gasteiger charge is 2.27. The fraction of sp³-hybridized carbons (Fsp3) is 1.00. The fourth-order valence-electron chi connectivity index (χ4n) is 3.22. The van der Waals surface area contributed by atoms with Gasteiger partial charge in [-0.05, 0) is 19.3 Å². The van der Waals surface area contributed by atoms with Gasteiger partial charge in [0.1, 0.15) is 0 Å². The summed E-state index contributed by atoms with van der Waals surface area (Å²) < 4.78 is 22.4. The normalized spacial score (nSPS) is 13.9. The molecule has 26 heavy (non-hydrogen) atoms. The van der Waals surface area contributed by atoms with E-state index in [1.165, 1.54) is 32.1 Å². The molecule has 4 N–H and O–H groups in total. The summed E-state index contributed by atoms with van der Waals surface area (Å²) in [5, 5.41) is 0. The lowest BCUT2D eigenvalue weighted by molar-refractivity contribution is 0.345. The number of rotatable bonds is 18. The minimum Gasteiger partial charge on any atom is -0.324 e. The van der Waals surface area contributed by atoms with Gasteiger partial charge in [0.25, 0.3) is 0 Å². The SMILES string of the molecule is CCCCCCCCCCC(CCCCCCCP(=O)(O)O)P(=O)(O)O. The Balaban J connectivity index is 3.77. The van der Waals surface area contributed by atoms with Crippen molar-refractivity contribution < 1.29 is 28.7 Å². The zero-order valence-corrected chi connectivity index (χ0v) is 18.2. The lowest BCUT2D eigenvalue weighted by atomic mass is 10.0. The van der Waals surface area contributed by atoms with E-state index in [1.54, 1.807) is 0 Å². The highest BCUT2D eigenvalue weighted by atomic mass is 31.2. The zero-order valence-electron chi connectivity index (χ0n) is 16.4. The summed E-state index contributed by atoms with van der Waals surface area (Å²) in [5.74, 6) is 0. The Kier molecular flexibility index (Phi) is 15.4. The van der Waals surface area contributed by atoms with Crippen LogP contribution in [0.1, 0.15) is 103 Å². The Morgan fingerprint density at radius 2 is 1.00 bits per heavy atom. The van der Waals surface area contributed by atoms with Gasteiger partial charge in [0.05, 0.1) is 5.66 Å². The first kappa shape index (κ1) is 26.3. The van der Waals surface area contributed by atoms with E-state index in [0.717, 1.165) is 44.9 Å². The van der Waals surface area contributed by atoms with E-state index in [2.05, 4.69) is 6.92 Å².